The first-order valence-corrected chi connectivity index (χ1v) is 14.0. The summed E-state index contributed by atoms with van der Waals surface area (Å²) in [5, 5.41) is 14.1. The number of rotatable bonds is 8. The molecule has 2 aliphatic heterocycles. The Bertz CT molecular complexity index is 1230. The topological polar surface area (TPSA) is 115 Å². The van der Waals surface area contributed by atoms with Gasteiger partial charge < -0.3 is 20.4 Å². The minimum atomic E-state index is 0.111. The molecule has 3 fully saturated rings. The van der Waals surface area contributed by atoms with Crippen LogP contribution in [0, 0.1) is 12.8 Å². The molecule has 1 amide bonds. The Balaban J connectivity index is 1.18. The van der Waals surface area contributed by atoms with Crippen molar-refractivity contribution in [1.29, 1.82) is 0 Å². The molecule has 3 aliphatic rings. The molecule has 6 rings (SSSR count). The Morgan fingerprint density at radius 3 is 2.43 bits per heavy atom. The lowest BCUT2D eigenvalue weighted by molar-refractivity contribution is -0.117. The molecule has 0 atom stereocenters. The van der Waals surface area contributed by atoms with Crippen LogP contribution >= 0.6 is 11.8 Å². The van der Waals surface area contributed by atoms with E-state index in [4.69, 9.17) is 9.97 Å². The lowest BCUT2D eigenvalue weighted by Gasteiger charge is -2.36. The predicted molar refractivity (Wildman–Crippen MR) is 144 cm³/mol. The third-order valence-electron chi connectivity index (χ3n) is 7.23. The van der Waals surface area contributed by atoms with Crippen molar-refractivity contribution in [2.75, 3.05) is 41.7 Å². The Hall–Kier alpha value is -3.18. The number of likely N-dealkylation sites (tertiary alicyclic amines) is 1. The van der Waals surface area contributed by atoms with Crippen molar-refractivity contribution < 1.29 is 4.79 Å². The summed E-state index contributed by atoms with van der Waals surface area (Å²) in [6.07, 6.45) is 6.89. The van der Waals surface area contributed by atoms with Crippen LogP contribution in [0.2, 0.25) is 0 Å². The molecule has 0 bridgehead atoms. The molecule has 0 radical (unpaired) electrons. The third kappa shape index (κ3) is 6.04. The highest BCUT2D eigenvalue weighted by Gasteiger charge is 2.30. The summed E-state index contributed by atoms with van der Waals surface area (Å²) >= 11 is 1.48. The van der Waals surface area contributed by atoms with Crippen molar-refractivity contribution in [2.24, 2.45) is 5.92 Å². The molecule has 194 valence electrons. The van der Waals surface area contributed by atoms with Crippen molar-refractivity contribution in [3.63, 3.8) is 0 Å². The Morgan fingerprint density at radius 2 is 1.76 bits per heavy atom. The fourth-order valence-electron chi connectivity index (χ4n) is 5.02. The van der Waals surface area contributed by atoms with E-state index in [-0.39, 0.29) is 11.8 Å². The van der Waals surface area contributed by atoms with Gasteiger partial charge in [-0.1, -0.05) is 0 Å². The van der Waals surface area contributed by atoms with Crippen molar-refractivity contribution in [3.8, 4) is 0 Å². The zero-order valence-electron chi connectivity index (χ0n) is 21.1. The van der Waals surface area contributed by atoms with E-state index in [1.54, 1.807) is 0 Å². The van der Waals surface area contributed by atoms with Crippen LogP contribution in [0.15, 0.2) is 40.4 Å². The number of amides is 1. The van der Waals surface area contributed by atoms with Crippen LogP contribution in [0.4, 0.5) is 23.4 Å². The van der Waals surface area contributed by atoms with E-state index in [1.165, 1.54) is 37.7 Å². The van der Waals surface area contributed by atoms with Gasteiger partial charge in [-0.05, 0) is 94.6 Å². The number of H-pyrrole nitrogens is 1. The number of hydrogen-bond acceptors (Lipinski definition) is 9. The zero-order valence-corrected chi connectivity index (χ0v) is 21.9. The smallest absolute Gasteiger partial charge is 0.234 e. The number of piperidine rings is 1. The molecule has 0 spiro atoms. The number of hydrogen-bond donors (Lipinski definition) is 3. The Labute approximate surface area is 221 Å². The maximum atomic E-state index is 12.1. The van der Waals surface area contributed by atoms with Gasteiger partial charge in [0.2, 0.25) is 17.8 Å². The van der Waals surface area contributed by atoms with Crippen LogP contribution in [0.25, 0.3) is 0 Å². The number of nitrogens with zero attached hydrogens (tertiary/aromatic N) is 6. The van der Waals surface area contributed by atoms with Gasteiger partial charge in [-0.15, -0.1) is 0 Å². The Kier molecular flexibility index (Phi) is 6.97. The molecule has 2 saturated heterocycles. The molecule has 11 heteroatoms. The number of carbonyl (C=O) groups excluding carboxylic acids is 1. The van der Waals surface area contributed by atoms with Crippen LogP contribution in [-0.2, 0) is 4.79 Å². The first kappa shape index (κ1) is 24.2. The summed E-state index contributed by atoms with van der Waals surface area (Å²) in [5.41, 5.74) is 1.78. The molecule has 3 aromatic rings. The van der Waals surface area contributed by atoms with E-state index < -0.39 is 0 Å². The monoisotopic (exact) mass is 519 g/mol. The molecule has 1 aliphatic carbocycles. The normalized spacial score (nSPS) is 18.8. The van der Waals surface area contributed by atoms with Gasteiger partial charge in [-0.2, -0.15) is 20.1 Å². The molecule has 1 saturated carbocycles. The first-order chi connectivity index (χ1) is 18.1. The highest BCUT2D eigenvalue weighted by Crippen LogP contribution is 2.32. The minimum Gasteiger partial charge on any atom is -0.341 e. The minimum absolute atomic E-state index is 0.111. The summed E-state index contributed by atoms with van der Waals surface area (Å²) in [6, 6.07) is 10.4. The van der Waals surface area contributed by atoms with Gasteiger partial charge in [0.1, 0.15) is 0 Å². The maximum Gasteiger partial charge on any atom is 0.234 e. The van der Waals surface area contributed by atoms with Gasteiger partial charge in [0.05, 0.1) is 0 Å². The summed E-state index contributed by atoms with van der Waals surface area (Å²) in [7, 11) is 0. The molecule has 37 heavy (non-hydrogen) atoms. The van der Waals surface area contributed by atoms with Crippen molar-refractivity contribution in [2.45, 2.75) is 61.5 Å². The summed E-state index contributed by atoms with van der Waals surface area (Å²) in [6.45, 7) is 6.30. The van der Waals surface area contributed by atoms with E-state index >= 15 is 0 Å². The molecule has 4 heterocycles. The van der Waals surface area contributed by atoms with E-state index in [1.807, 2.05) is 37.3 Å². The zero-order chi connectivity index (χ0) is 25.2. The second kappa shape index (κ2) is 10.7. The molecular weight excluding hydrogens is 486 g/mol. The van der Waals surface area contributed by atoms with E-state index in [0.29, 0.717) is 28.9 Å². The highest BCUT2D eigenvalue weighted by molar-refractivity contribution is 7.99. The number of carbonyl (C=O) groups is 1. The average Bonchev–Trinajstić information content (AvgIpc) is 3.47. The molecular formula is C26H33N9OS. The van der Waals surface area contributed by atoms with Crippen molar-refractivity contribution in [3.05, 3.63) is 36.0 Å². The second-order valence-electron chi connectivity index (χ2n) is 10.2. The largest absolute Gasteiger partial charge is 0.341 e. The standard InChI is InChI=1S/C26H33N9OS/c1-17-16-22(33-32-17)28-24-29-25(35-14-10-20(11-15-35)34-12-2-3-13-34)31-26(30-24)37-21-8-6-19(7-9-21)27-23(36)18-4-5-18/h6-9,16,18,20H,2-5,10-15H2,1H3,(H,27,36)(H2,28,29,30,31,32,33). The number of aryl methyl sites for hydroxylation is 1. The quantitative estimate of drug-likeness (QED) is 0.402. The third-order valence-corrected chi connectivity index (χ3v) is 8.11. The van der Waals surface area contributed by atoms with Crippen molar-refractivity contribution >= 4 is 41.1 Å². The lowest BCUT2D eigenvalue weighted by atomic mass is 10.0. The van der Waals surface area contributed by atoms with Gasteiger partial charge in [0, 0.05) is 47.4 Å². The number of nitrogens with one attached hydrogen (secondary N) is 3. The van der Waals surface area contributed by atoms with Crippen LogP contribution in [-0.4, -0.2) is 68.2 Å². The molecule has 3 N–H and O–H groups in total. The maximum absolute atomic E-state index is 12.1. The van der Waals surface area contributed by atoms with Gasteiger partial charge in [-0.25, -0.2) is 0 Å². The fourth-order valence-corrected chi connectivity index (χ4v) is 5.77. The van der Waals surface area contributed by atoms with Crippen molar-refractivity contribution in [1.82, 2.24) is 30.0 Å². The van der Waals surface area contributed by atoms with Crippen LogP contribution in [0.3, 0.4) is 0 Å². The average molecular weight is 520 g/mol. The van der Waals surface area contributed by atoms with E-state index in [0.717, 1.165) is 55.0 Å². The van der Waals surface area contributed by atoms with E-state index in [2.05, 4.69) is 35.6 Å². The lowest BCUT2D eigenvalue weighted by Crippen LogP contribution is -2.44. The summed E-state index contributed by atoms with van der Waals surface area (Å²) in [5.74, 6) is 2.14. The Morgan fingerprint density at radius 1 is 1.00 bits per heavy atom. The number of anilines is 4. The molecule has 0 unspecified atom stereocenters. The van der Waals surface area contributed by atoms with Gasteiger partial charge >= 0.3 is 0 Å². The SMILES string of the molecule is Cc1cc(Nc2nc(Sc3ccc(NC(=O)C4CC4)cc3)nc(N3CCC(N4CCCC4)CC3)n2)n[nH]1. The van der Waals surface area contributed by atoms with Gasteiger partial charge in [-0.3, -0.25) is 9.89 Å². The summed E-state index contributed by atoms with van der Waals surface area (Å²) in [4.78, 5) is 32.3. The summed E-state index contributed by atoms with van der Waals surface area (Å²) < 4.78 is 0. The first-order valence-electron chi connectivity index (χ1n) is 13.2. The van der Waals surface area contributed by atoms with Crippen LogP contribution < -0.4 is 15.5 Å². The second-order valence-corrected chi connectivity index (χ2v) is 11.2. The number of aromatic amines is 1. The van der Waals surface area contributed by atoms with Crippen LogP contribution in [0.5, 0.6) is 0 Å². The number of aromatic nitrogens is 5. The predicted octanol–water partition coefficient (Wildman–Crippen LogP) is 4.21. The number of benzene rings is 1. The van der Waals surface area contributed by atoms with Crippen LogP contribution in [0.1, 0.15) is 44.2 Å². The van der Waals surface area contributed by atoms with Gasteiger partial charge in [0.15, 0.2) is 11.0 Å². The highest BCUT2D eigenvalue weighted by atomic mass is 32.2. The fraction of sp³-hybridized carbons (Fsp3) is 0.500. The molecule has 1 aromatic carbocycles. The van der Waals surface area contributed by atoms with Gasteiger partial charge in [0.25, 0.3) is 0 Å². The van der Waals surface area contributed by atoms with E-state index in [9.17, 15) is 4.79 Å². The molecule has 2 aromatic heterocycles. The molecule has 10 nitrogen and oxygen atoms in total.